The summed E-state index contributed by atoms with van der Waals surface area (Å²) in [5, 5.41) is 12.9. The zero-order valence-electron chi connectivity index (χ0n) is 40.4. The van der Waals surface area contributed by atoms with Crippen LogP contribution in [0.1, 0.15) is 102 Å². The first-order valence-electron chi connectivity index (χ1n) is 22.6. The van der Waals surface area contributed by atoms with E-state index in [9.17, 15) is 24.3 Å². The summed E-state index contributed by atoms with van der Waals surface area (Å²) in [6.07, 6.45) is -5.19. The minimum Gasteiger partial charge on any atom is -0.458 e. The minimum atomic E-state index is -1.63. The van der Waals surface area contributed by atoms with Gasteiger partial charge in [-0.1, -0.05) is 20.8 Å². The number of cyclic esters (lactones) is 1. The Labute approximate surface area is 377 Å². The third kappa shape index (κ3) is 11.2. The molecule has 0 saturated carbocycles. The molecule has 1 N–H and O–H groups in total. The molecule has 0 spiro atoms. The van der Waals surface area contributed by atoms with Crippen LogP contribution in [0.15, 0.2) is 18.7 Å². The maximum Gasteiger partial charge on any atom is 0.509 e. The van der Waals surface area contributed by atoms with E-state index in [1.54, 1.807) is 34.6 Å². The lowest BCUT2D eigenvalue weighted by Crippen LogP contribution is -2.61. The SMILES string of the molecule is CC[C@H]1OC(=O)[C@H](C)[C@@H](O[C@H]2C[C@@](C)(OC)[C@@H](OC(=O)n3ccnc3)[C@H](C)O2)[C@H](C)[C@@H](O[C@@H]2O[C@H](C)C[C@H](N(C)C)[C@H]2OC(C)=O)[C@](C)(O)C[C@@H](C)CN(C)[C@H](C)[C@H]2OC(=O)O[C@@]21C. The van der Waals surface area contributed by atoms with Crippen LogP contribution in [0.5, 0.6) is 0 Å². The molecule has 4 aliphatic heterocycles. The lowest BCUT2D eigenvalue weighted by atomic mass is 9.77. The van der Waals surface area contributed by atoms with Gasteiger partial charge in [-0.05, 0) is 94.8 Å². The van der Waals surface area contributed by atoms with Gasteiger partial charge in [0.1, 0.15) is 18.0 Å². The molecule has 19 heteroatoms. The Morgan fingerprint density at radius 2 is 1.66 bits per heavy atom. The maximum atomic E-state index is 14.7. The third-order valence-corrected chi connectivity index (χ3v) is 13.8. The molecular weight excluding hydrogens is 837 g/mol. The van der Waals surface area contributed by atoms with Gasteiger partial charge in [0.05, 0.1) is 42.0 Å². The summed E-state index contributed by atoms with van der Waals surface area (Å²) in [5.41, 5.74) is -4.13. The van der Waals surface area contributed by atoms with Gasteiger partial charge in [0, 0.05) is 51.4 Å². The van der Waals surface area contributed by atoms with Crippen molar-refractivity contribution >= 4 is 24.2 Å². The number of likely N-dealkylation sites (N-methyl/N-ethyl adjacent to an activating group) is 2. The Bertz CT molecular complexity index is 1750. The lowest BCUT2D eigenvalue weighted by molar-refractivity contribution is -0.318. The molecule has 1 aromatic rings. The molecule has 4 fully saturated rings. The first-order chi connectivity index (χ1) is 29.8. The van der Waals surface area contributed by atoms with Crippen LogP contribution in [0.3, 0.4) is 0 Å². The molecule has 0 bridgehead atoms. The fourth-order valence-corrected chi connectivity index (χ4v) is 10.4. The standard InChI is InChI=1S/C45H74N4O15/c1-16-32-45(11)37(63-42(53)64-45)28(6)48(14)22-24(2)20-43(9,54)36(61-40-35(58-30(8)50)31(47(12)13)19-25(3)56-40)26(4)34(27(5)39(51)59-32)60-33-21-44(10,55-15)38(29(7)57-33)62-41(52)49-18-17-46-23-49/h17-18,23-29,31-38,40,54H,16,19-22H2,1-15H3/t24-,25-,26+,27-,28-,29+,31+,32-,33+,34+,35-,36-,37-,38+,40+,43-,44-,45-/m1/s1. The van der Waals surface area contributed by atoms with Crippen LogP contribution >= 0.6 is 0 Å². The number of nitrogens with zero attached hydrogens (tertiary/aromatic N) is 4. The molecule has 0 amide bonds. The third-order valence-electron chi connectivity index (χ3n) is 13.8. The van der Waals surface area contributed by atoms with Crippen LogP contribution < -0.4 is 0 Å². The summed E-state index contributed by atoms with van der Waals surface area (Å²) >= 11 is 0. The predicted molar refractivity (Wildman–Crippen MR) is 229 cm³/mol. The number of rotatable bonds is 9. The number of ether oxygens (including phenoxy) is 10. The number of hydrogen-bond acceptors (Lipinski definition) is 18. The van der Waals surface area contributed by atoms with Gasteiger partial charge in [-0.25, -0.2) is 19.1 Å². The number of esters is 2. The molecule has 19 nitrogen and oxygen atoms in total. The number of imidazole rings is 1. The molecule has 0 radical (unpaired) electrons. The monoisotopic (exact) mass is 911 g/mol. The molecule has 64 heavy (non-hydrogen) atoms. The van der Waals surface area contributed by atoms with Gasteiger partial charge < -0.3 is 57.4 Å². The fourth-order valence-electron chi connectivity index (χ4n) is 10.4. The first kappa shape index (κ1) is 51.6. The van der Waals surface area contributed by atoms with Gasteiger partial charge in [0.2, 0.25) is 0 Å². The van der Waals surface area contributed by atoms with Gasteiger partial charge in [0.25, 0.3) is 0 Å². The minimum absolute atomic E-state index is 0.0524. The summed E-state index contributed by atoms with van der Waals surface area (Å²) < 4.78 is 64.0. The van der Waals surface area contributed by atoms with E-state index in [2.05, 4.69) is 4.98 Å². The molecule has 1 aromatic heterocycles. The van der Waals surface area contributed by atoms with E-state index in [0.717, 1.165) is 0 Å². The van der Waals surface area contributed by atoms with Crippen molar-refractivity contribution in [3.63, 3.8) is 0 Å². The van der Waals surface area contributed by atoms with Crippen LogP contribution in [0.25, 0.3) is 0 Å². The topological polar surface area (TPSA) is 205 Å². The summed E-state index contributed by atoms with van der Waals surface area (Å²) in [5.74, 6) is -3.27. The molecule has 5 rings (SSSR count). The van der Waals surface area contributed by atoms with Crippen molar-refractivity contribution in [2.45, 2.75) is 192 Å². The Morgan fingerprint density at radius 3 is 2.25 bits per heavy atom. The number of carbonyl (C=O) groups excluding carboxylic acids is 4. The average Bonchev–Trinajstić information content (AvgIpc) is 3.86. The smallest absolute Gasteiger partial charge is 0.458 e. The second-order valence-corrected chi connectivity index (χ2v) is 19.5. The van der Waals surface area contributed by atoms with Crippen molar-refractivity contribution in [1.29, 1.82) is 0 Å². The number of fused-ring (bicyclic) bond motifs is 1. The van der Waals surface area contributed by atoms with Crippen LogP contribution in [-0.2, 0) is 57.0 Å². The van der Waals surface area contributed by atoms with E-state index in [-0.39, 0.29) is 37.3 Å². The normalized spacial score (nSPS) is 42.9. The van der Waals surface area contributed by atoms with E-state index in [4.69, 9.17) is 47.4 Å². The van der Waals surface area contributed by atoms with Crippen LogP contribution in [0.4, 0.5) is 9.59 Å². The van der Waals surface area contributed by atoms with Crippen LogP contribution in [-0.4, -0.2) is 174 Å². The van der Waals surface area contributed by atoms with Crippen molar-refractivity contribution in [1.82, 2.24) is 19.4 Å². The molecule has 364 valence electrons. The molecule has 0 aliphatic carbocycles. The van der Waals surface area contributed by atoms with E-state index < -0.39 is 114 Å². The van der Waals surface area contributed by atoms with E-state index in [1.165, 1.54) is 37.3 Å². The molecule has 4 aliphatic rings. The summed E-state index contributed by atoms with van der Waals surface area (Å²) in [7, 11) is 7.19. The zero-order valence-corrected chi connectivity index (χ0v) is 40.4. The summed E-state index contributed by atoms with van der Waals surface area (Å²) in [6.45, 7) is 19.9. The largest absolute Gasteiger partial charge is 0.509 e. The van der Waals surface area contributed by atoms with Gasteiger partial charge in [-0.3, -0.25) is 14.5 Å². The number of aliphatic hydroxyl groups is 1. The molecule has 0 unspecified atom stereocenters. The summed E-state index contributed by atoms with van der Waals surface area (Å²) in [4.78, 5) is 61.3. The fraction of sp³-hybridized carbons (Fsp3) is 0.844. The highest BCUT2D eigenvalue weighted by Crippen LogP contribution is 2.42. The van der Waals surface area contributed by atoms with Crippen molar-refractivity contribution in [3.05, 3.63) is 18.7 Å². The highest BCUT2D eigenvalue weighted by Gasteiger charge is 2.58. The van der Waals surface area contributed by atoms with Gasteiger partial charge in [0.15, 0.2) is 36.5 Å². The average molecular weight is 911 g/mol. The number of hydrogen-bond donors (Lipinski definition) is 1. The van der Waals surface area contributed by atoms with E-state index in [0.29, 0.717) is 13.0 Å². The van der Waals surface area contributed by atoms with Gasteiger partial charge in [-0.15, -0.1) is 0 Å². The molecule has 18 atom stereocenters. The predicted octanol–water partition coefficient (Wildman–Crippen LogP) is 4.54. The molecule has 0 aromatic carbocycles. The highest BCUT2D eigenvalue weighted by atomic mass is 16.8. The van der Waals surface area contributed by atoms with Gasteiger partial charge in [-0.2, -0.15) is 0 Å². The van der Waals surface area contributed by atoms with Crippen molar-refractivity contribution in [2.24, 2.45) is 17.8 Å². The second kappa shape index (κ2) is 20.6. The Morgan fingerprint density at radius 1 is 0.969 bits per heavy atom. The van der Waals surface area contributed by atoms with Crippen molar-refractivity contribution < 1.29 is 71.7 Å². The number of aromatic nitrogens is 2. The number of carbonyl (C=O) groups is 4. The number of methoxy groups -OCH3 is 1. The Kier molecular flexibility index (Phi) is 16.6. The van der Waals surface area contributed by atoms with Crippen molar-refractivity contribution in [2.75, 3.05) is 34.8 Å². The Balaban J connectivity index is 1.60. The first-order valence-corrected chi connectivity index (χ1v) is 22.6. The van der Waals surface area contributed by atoms with Gasteiger partial charge >= 0.3 is 24.2 Å². The van der Waals surface area contributed by atoms with E-state index in [1.807, 2.05) is 65.6 Å². The Hall–Kier alpha value is -3.43. The maximum absolute atomic E-state index is 14.7. The zero-order chi connectivity index (χ0) is 47.6. The highest BCUT2D eigenvalue weighted by molar-refractivity contribution is 5.73. The molecular formula is C45H74N4O15. The molecule has 5 heterocycles. The van der Waals surface area contributed by atoms with Crippen LogP contribution in [0.2, 0.25) is 0 Å². The second-order valence-electron chi connectivity index (χ2n) is 19.5. The quantitative estimate of drug-likeness (QED) is 0.267. The van der Waals surface area contributed by atoms with Crippen LogP contribution in [0, 0.1) is 17.8 Å². The summed E-state index contributed by atoms with van der Waals surface area (Å²) in [6, 6.07) is -0.688. The lowest BCUT2D eigenvalue weighted by Gasteiger charge is -2.49. The van der Waals surface area contributed by atoms with Crippen molar-refractivity contribution in [3.8, 4) is 0 Å². The van der Waals surface area contributed by atoms with E-state index >= 15 is 0 Å². The molecule has 4 saturated heterocycles.